The van der Waals surface area contributed by atoms with Gasteiger partial charge in [0.1, 0.15) is 24.1 Å². The average molecular weight is 583 g/mol. The standard InChI is InChI=1S/C33H42O9/c1-19-14-15-32(7,8)28(37)17-27(39-22(4)34)20(2)16-26-29(41-31(38)25-12-10-9-11-13-25)21(3)18-33(26,42-24(6)36)30(19)40-23(5)35/h9-16,19,21,26-27,29-30H,17-18H2,1-8H3. The molecule has 0 heterocycles. The van der Waals surface area contributed by atoms with E-state index in [0.717, 1.165) is 0 Å². The summed E-state index contributed by atoms with van der Waals surface area (Å²) in [4.78, 5) is 64.0. The van der Waals surface area contributed by atoms with Crippen molar-refractivity contribution in [3.63, 3.8) is 0 Å². The number of ether oxygens (including phenoxy) is 4. The Morgan fingerprint density at radius 1 is 0.881 bits per heavy atom. The van der Waals surface area contributed by atoms with E-state index in [4.69, 9.17) is 18.9 Å². The second-order valence-corrected chi connectivity index (χ2v) is 12.1. The summed E-state index contributed by atoms with van der Waals surface area (Å²) in [6.07, 6.45) is 2.67. The first kappa shape index (κ1) is 32.8. The van der Waals surface area contributed by atoms with Gasteiger partial charge in [0.15, 0.2) is 5.60 Å². The molecular weight excluding hydrogens is 540 g/mol. The summed E-state index contributed by atoms with van der Waals surface area (Å²) < 4.78 is 23.8. The molecule has 42 heavy (non-hydrogen) atoms. The Hall–Kier alpha value is -3.75. The minimum Gasteiger partial charge on any atom is -0.458 e. The zero-order chi connectivity index (χ0) is 31.4. The Kier molecular flexibility index (Phi) is 10.2. The van der Waals surface area contributed by atoms with Crippen LogP contribution >= 0.6 is 0 Å². The Morgan fingerprint density at radius 3 is 2.07 bits per heavy atom. The summed E-state index contributed by atoms with van der Waals surface area (Å²) in [6.45, 7) is 12.8. The fraction of sp³-hybridized carbons (Fsp3) is 0.545. The number of rotatable bonds is 5. The lowest BCUT2D eigenvalue weighted by Crippen LogP contribution is -2.55. The first-order valence-corrected chi connectivity index (χ1v) is 14.3. The van der Waals surface area contributed by atoms with Crippen molar-refractivity contribution in [1.29, 1.82) is 0 Å². The summed E-state index contributed by atoms with van der Waals surface area (Å²) >= 11 is 0. The van der Waals surface area contributed by atoms with Crippen LogP contribution in [0.25, 0.3) is 0 Å². The number of allylic oxidation sites excluding steroid dienone is 1. The van der Waals surface area contributed by atoms with Gasteiger partial charge < -0.3 is 18.9 Å². The Labute approximate surface area is 247 Å². The third-order valence-corrected chi connectivity index (χ3v) is 8.12. The van der Waals surface area contributed by atoms with Crippen molar-refractivity contribution in [2.45, 2.75) is 92.1 Å². The molecule has 1 fully saturated rings. The fourth-order valence-electron chi connectivity index (χ4n) is 6.05. The third-order valence-electron chi connectivity index (χ3n) is 8.12. The van der Waals surface area contributed by atoms with Crippen LogP contribution in [0.1, 0.15) is 78.6 Å². The number of fused-ring (bicyclic) bond motifs is 1. The molecule has 0 saturated heterocycles. The van der Waals surface area contributed by atoms with Crippen molar-refractivity contribution >= 4 is 29.7 Å². The smallest absolute Gasteiger partial charge is 0.338 e. The van der Waals surface area contributed by atoms with Gasteiger partial charge in [-0.15, -0.1) is 0 Å². The number of Topliss-reactive ketones (excluding diaryl/α,β-unsaturated/α-hetero) is 1. The highest BCUT2D eigenvalue weighted by Gasteiger charge is 2.62. The van der Waals surface area contributed by atoms with Crippen LogP contribution < -0.4 is 0 Å². The van der Waals surface area contributed by atoms with Gasteiger partial charge in [-0.2, -0.15) is 0 Å². The summed E-state index contributed by atoms with van der Waals surface area (Å²) in [6, 6.07) is 8.52. The van der Waals surface area contributed by atoms with Crippen molar-refractivity contribution in [3.05, 3.63) is 59.7 Å². The van der Waals surface area contributed by atoms with Crippen LogP contribution in [0.5, 0.6) is 0 Å². The van der Waals surface area contributed by atoms with E-state index >= 15 is 0 Å². The molecule has 0 aromatic heterocycles. The van der Waals surface area contributed by atoms with Gasteiger partial charge in [-0.3, -0.25) is 19.2 Å². The summed E-state index contributed by atoms with van der Waals surface area (Å²) in [7, 11) is 0. The molecule has 1 aromatic rings. The molecule has 3 rings (SSSR count). The first-order valence-electron chi connectivity index (χ1n) is 14.3. The topological polar surface area (TPSA) is 122 Å². The SMILES string of the molecule is CC(=O)OC1CC(=O)C(C)(C)C=CC(C)C(OC(C)=O)C2(OC(C)=O)CC(C)C(OC(=O)c3ccccc3)C2C=C1C. The molecule has 7 atom stereocenters. The molecule has 228 valence electrons. The van der Waals surface area contributed by atoms with Gasteiger partial charge in [0, 0.05) is 38.5 Å². The number of carbonyl (C=O) groups is 5. The molecule has 9 nitrogen and oxygen atoms in total. The minimum absolute atomic E-state index is 0.0850. The number of hydrogen-bond acceptors (Lipinski definition) is 9. The van der Waals surface area contributed by atoms with Gasteiger partial charge in [0.25, 0.3) is 0 Å². The largest absolute Gasteiger partial charge is 0.458 e. The quantitative estimate of drug-likeness (QED) is 0.263. The van der Waals surface area contributed by atoms with Gasteiger partial charge in [0.2, 0.25) is 0 Å². The van der Waals surface area contributed by atoms with Crippen molar-refractivity contribution < 1.29 is 42.9 Å². The monoisotopic (exact) mass is 582 g/mol. The molecule has 9 heteroatoms. The van der Waals surface area contributed by atoms with E-state index in [9.17, 15) is 24.0 Å². The van der Waals surface area contributed by atoms with Crippen LogP contribution in [0.15, 0.2) is 54.1 Å². The van der Waals surface area contributed by atoms with Crippen LogP contribution in [0.4, 0.5) is 0 Å². The molecule has 2 aliphatic rings. The highest BCUT2D eigenvalue weighted by atomic mass is 16.6. The second kappa shape index (κ2) is 13.0. The molecule has 7 unspecified atom stereocenters. The van der Waals surface area contributed by atoms with E-state index in [-0.39, 0.29) is 24.5 Å². The molecule has 0 aliphatic heterocycles. The number of carbonyl (C=O) groups excluding carboxylic acids is 5. The molecule has 0 radical (unpaired) electrons. The zero-order valence-electron chi connectivity index (χ0n) is 25.7. The fourth-order valence-corrected chi connectivity index (χ4v) is 6.05. The highest BCUT2D eigenvalue weighted by Crippen LogP contribution is 2.51. The maximum Gasteiger partial charge on any atom is 0.338 e. The van der Waals surface area contributed by atoms with Gasteiger partial charge >= 0.3 is 23.9 Å². The Morgan fingerprint density at radius 2 is 1.50 bits per heavy atom. The average Bonchev–Trinajstić information content (AvgIpc) is 3.14. The highest BCUT2D eigenvalue weighted by molar-refractivity contribution is 5.89. The molecule has 1 aromatic carbocycles. The molecule has 1 saturated carbocycles. The molecule has 0 amide bonds. The van der Waals surface area contributed by atoms with Crippen molar-refractivity contribution in [2.24, 2.45) is 23.2 Å². The van der Waals surface area contributed by atoms with Crippen molar-refractivity contribution in [2.75, 3.05) is 0 Å². The number of ketones is 1. The molecule has 0 spiro atoms. The summed E-state index contributed by atoms with van der Waals surface area (Å²) in [5.41, 5.74) is -1.51. The van der Waals surface area contributed by atoms with Crippen molar-refractivity contribution in [1.82, 2.24) is 0 Å². The Bertz CT molecular complexity index is 1260. The van der Waals surface area contributed by atoms with Crippen LogP contribution in [0.2, 0.25) is 0 Å². The molecular formula is C33H42O9. The maximum atomic E-state index is 13.4. The van der Waals surface area contributed by atoms with E-state index in [1.54, 1.807) is 69.3 Å². The molecule has 0 N–H and O–H groups in total. The lowest BCUT2D eigenvalue weighted by Gasteiger charge is -2.43. The van der Waals surface area contributed by atoms with E-state index < -0.39 is 65.0 Å². The normalized spacial score (nSPS) is 31.0. The maximum absolute atomic E-state index is 13.4. The van der Waals surface area contributed by atoms with Crippen LogP contribution in [-0.4, -0.2) is 53.6 Å². The Balaban J connectivity index is 2.29. The van der Waals surface area contributed by atoms with Crippen molar-refractivity contribution in [3.8, 4) is 0 Å². The predicted molar refractivity (Wildman–Crippen MR) is 154 cm³/mol. The third kappa shape index (κ3) is 7.36. The zero-order valence-corrected chi connectivity index (χ0v) is 25.7. The van der Waals surface area contributed by atoms with E-state index in [1.165, 1.54) is 20.8 Å². The van der Waals surface area contributed by atoms with Crippen LogP contribution in [-0.2, 0) is 38.1 Å². The van der Waals surface area contributed by atoms with E-state index in [0.29, 0.717) is 11.1 Å². The number of benzene rings is 1. The first-order chi connectivity index (χ1) is 19.6. The second-order valence-electron chi connectivity index (χ2n) is 12.1. The summed E-state index contributed by atoms with van der Waals surface area (Å²) in [5.74, 6) is -4.12. The van der Waals surface area contributed by atoms with Gasteiger partial charge in [-0.1, -0.05) is 50.3 Å². The lowest BCUT2D eigenvalue weighted by atomic mass is 9.75. The van der Waals surface area contributed by atoms with Gasteiger partial charge in [-0.25, -0.2) is 4.79 Å². The van der Waals surface area contributed by atoms with Gasteiger partial charge in [-0.05, 0) is 50.8 Å². The minimum atomic E-state index is -1.45. The lowest BCUT2D eigenvalue weighted by molar-refractivity contribution is -0.195. The van der Waals surface area contributed by atoms with Gasteiger partial charge in [0.05, 0.1) is 11.5 Å². The number of hydrogen-bond donors (Lipinski definition) is 0. The predicted octanol–water partition coefficient (Wildman–Crippen LogP) is 5.17. The van der Waals surface area contributed by atoms with E-state index in [1.807, 2.05) is 13.8 Å². The van der Waals surface area contributed by atoms with E-state index in [2.05, 4.69) is 0 Å². The summed E-state index contributed by atoms with van der Waals surface area (Å²) in [5, 5.41) is 0. The van der Waals surface area contributed by atoms with Crippen LogP contribution in [0, 0.1) is 23.2 Å². The number of esters is 4. The van der Waals surface area contributed by atoms with Crippen LogP contribution in [0.3, 0.4) is 0 Å². The molecule has 0 bridgehead atoms. The molecule has 2 aliphatic carbocycles.